The Morgan fingerprint density at radius 1 is 1.58 bits per heavy atom. The highest BCUT2D eigenvalue weighted by Gasteiger charge is 2.35. The van der Waals surface area contributed by atoms with Gasteiger partial charge in [0.2, 0.25) is 5.89 Å². The third kappa shape index (κ3) is 2.86. The molecule has 5 nitrogen and oxygen atoms in total. The predicted octanol–water partition coefficient (Wildman–Crippen LogP) is 1.79. The normalized spacial score (nSPS) is 24.1. The third-order valence-electron chi connectivity index (χ3n) is 3.44. The minimum atomic E-state index is -0.305. The number of hydrogen-bond donors (Lipinski definition) is 1. The van der Waals surface area contributed by atoms with Gasteiger partial charge >= 0.3 is 0 Å². The first-order valence-electron chi connectivity index (χ1n) is 6.47. The van der Waals surface area contributed by atoms with E-state index in [0.29, 0.717) is 24.7 Å². The van der Waals surface area contributed by atoms with Crippen molar-refractivity contribution in [2.45, 2.75) is 31.9 Å². The zero-order valence-corrected chi connectivity index (χ0v) is 11.6. The summed E-state index contributed by atoms with van der Waals surface area (Å²) in [4.78, 5) is 7.89. The maximum Gasteiger partial charge on any atom is 0.244 e. The number of hydrogen-bond acceptors (Lipinski definition) is 6. The molecular weight excluding hydrogens is 262 g/mol. The second-order valence-corrected chi connectivity index (χ2v) is 5.94. The van der Waals surface area contributed by atoms with Crippen LogP contribution in [0.25, 0.3) is 0 Å². The monoisotopic (exact) mass is 279 g/mol. The van der Waals surface area contributed by atoms with E-state index in [2.05, 4.69) is 32.6 Å². The van der Waals surface area contributed by atoms with Gasteiger partial charge in [-0.05, 0) is 31.2 Å². The first-order valence-corrected chi connectivity index (χ1v) is 7.35. The Hall–Kier alpha value is -1.24. The van der Waals surface area contributed by atoms with Crippen LogP contribution in [0.5, 0.6) is 0 Å². The lowest BCUT2D eigenvalue weighted by Crippen LogP contribution is -2.27. The van der Waals surface area contributed by atoms with Crippen LogP contribution in [-0.4, -0.2) is 39.3 Å². The topological polar surface area (TPSA) is 62.4 Å². The number of aryl methyl sites for hydroxylation is 1. The smallest absolute Gasteiger partial charge is 0.244 e. The predicted molar refractivity (Wildman–Crippen MR) is 72.0 cm³/mol. The van der Waals surface area contributed by atoms with Crippen molar-refractivity contribution in [2.75, 3.05) is 13.1 Å². The van der Waals surface area contributed by atoms with E-state index < -0.39 is 0 Å². The zero-order valence-electron chi connectivity index (χ0n) is 10.8. The van der Waals surface area contributed by atoms with Gasteiger partial charge in [-0.1, -0.05) is 11.2 Å². The Morgan fingerprint density at radius 2 is 2.47 bits per heavy atom. The molecule has 0 bridgehead atoms. The molecular formula is C13H17N3O2S. The summed E-state index contributed by atoms with van der Waals surface area (Å²) < 4.78 is 5.25. The summed E-state index contributed by atoms with van der Waals surface area (Å²) in [7, 11) is 0. The summed E-state index contributed by atoms with van der Waals surface area (Å²) in [5, 5.41) is 15.8. The third-order valence-corrected chi connectivity index (χ3v) is 4.37. The molecule has 1 aliphatic rings. The molecule has 2 aromatic heterocycles. The van der Waals surface area contributed by atoms with Crippen molar-refractivity contribution >= 4 is 11.3 Å². The molecule has 2 aromatic rings. The second kappa shape index (κ2) is 5.40. The summed E-state index contributed by atoms with van der Waals surface area (Å²) in [6.45, 7) is 3.40. The van der Waals surface area contributed by atoms with Gasteiger partial charge in [0.15, 0.2) is 5.82 Å². The number of rotatable bonds is 4. The van der Waals surface area contributed by atoms with E-state index in [-0.39, 0.29) is 12.1 Å². The van der Waals surface area contributed by atoms with Crippen molar-refractivity contribution in [1.29, 1.82) is 0 Å². The zero-order chi connectivity index (χ0) is 13.2. The van der Waals surface area contributed by atoms with E-state index >= 15 is 0 Å². The molecule has 0 aromatic carbocycles. The molecule has 1 saturated heterocycles. The van der Waals surface area contributed by atoms with Gasteiger partial charge < -0.3 is 9.63 Å². The second-order valence-electron chi connectivity index (χ2n) is 4.91. The molecule has 19 heavy (non-hydrogen) atoms. The van der Waals surface area contributed by atoms with Crippen LogP contribution in [0.3, 0.4) is 0 Å². The molecule has 1 fully saturated rings. The van der Waals surface area contributed by atoms with E-state index in [9.17, 15) is 5.11 Å². The molecule has 2 atom stereocenters. The Morgan fingerprint density at radius 3 is 3.16 bits per heavy atom. The van der Waals surface area contributed by atoms with Crippen LogP contribution in [0.15, 0.2) is 22.0 Å². The van der Waals surface area contributed by atoms with E-state index in [1.807, 2.05) is 6.92 Å². The van der Waals surface area contributed by atoms with Crippen LogP contribution in [0.4, 0.5) is 0 Å². The first kappa shape index (κ1) is 12.8. The Balaban J connectivity index is 1.68. The van der Waals surface area contributed by atoms with Crippen molar-refractivity contribution in [3.05, 3.63) is 34.1 Å². The van der Waals surface area contributed by atoms with Gasteiger partial charge in [0.1, 0.15) is 0 Å². The van der Waals surface area contributed by atoms with E-state index in [1.165, 1.54) is 4.88 Å². The van der Waals surface area contributed by atoms with Gasteiger partial charge in [-0.25, -0.2) is 0 Å². The van der Waals surface area contributed by atoms with Gasteiger partial charge in [0, 0.05) is 18.0 Å². The van der Waals surface area contributed by atoms with Crippen molar-refractivity contribution in [3.8, 4) is 0 Å². The van der Waals surface area contributed by atoms with Crippen molar-refractivity contribution in [3.63, 3.8) is 0 Å². The van der Waals surface area contributed by atoms with Gasteiger partial charge in [-0.3, -0.25) is 4.90 Å². The number of aromatic nitrogens is 2. The molecule has 6 heteroatoms. The van der Waals surface area contributed by atoms with Crippen molar-refractivity contribution < 1.29 is 9.63 Å². The molecule has 3 rings (SSSR count). The van der Waals surface area contributed by atoms with Crippen LogP contribution in [-0.2, 0) is 6.42 Å². The van der Waals surface area contributed by atoms with Crippen LogP contribution >= 0.6 is 11.3 Å². The van der Waals surface area contributed by atoms with Crippen molar-refractivity contribution in [2.24, 2.45) is 0 Å². The molecule has 1 aliphatic heterocycles. The van der Waals surface area contributed by atoms with E-state index in [0.717, 1.165) is 13.0 Å². The minimum Gasteiger partial charge on any atom is -0.392 e. The van der Waals surface area contributed by atoms with E-state index in [1.54, 1.807) is 11.3 Å². The molecule has 1 N–H and O–H groups in total. The summed E-state index contributed by atoms with van der Waals surface area (Å²) in [5.74, 6) is 1.27. The van der Waals surface area contributed by atoms with E-state index in [4.69, 9.17) is 4.52 Å². The standard InChI is InChI=1S/C13H17N3O2S/c1-9-14-13(18-15-9)12-7-10(17)8-16(12)5-4-11-3-2-6-19-11/h2-3,6,10,12,17H,4-5,7-8H2,1H3/t10-,12-/m1/s1. The number of thiophene rings is 1. The summed E-state index contributed by atoms with van der Waals surface area (Å²) in [6, 6.07) is 4.26. The van der Waals surface area contributed by atoms with Gasteiger partial charge in [0.05, 0.1) is 12.1 Å². The Bertz CT molecular complexity index is 526. The highest BCUT2D eigenvalue weighted by Crippen LogP contribution is 2.31. The lowest BCUT2D eigenvalue weighted by molar-refractivity contribution is 0.173. The van der Waals surface area contributed by atoms with Crippen LogP contribution in [0, 0.1) is 6.92 Å². The minimum absolute atomic E-state index is 0.0520. The van der Waals surface area contributed by atoms with Gasteiger partial charge in [-0.2, -0.15) is 4.98 Å². The summed E-state index contributed by atoms with van der Waals surface area (Å²) in [5.41, 5.74) is 0. The molecule has 0 radical (unpaired) electrons. The average Bonchev–Trinajstić information content (AvgIpc) is 3.07. The average molecular weight is 279 g/mol. The van der Waals surface area contributed by atoms with Crippen LogP contribution in [0.2, 0.25) is 0 Å². The Kier molecular flexibility index (Phi) is 3.63. The highest BCUT2D eigenvalue weighted by atomic mass is 32.1. The number of nitrogens with zero attached hydrogens (tertiary/aromatic N) is 3. The number of aliphatic hydroxyl groups excluding tert-OH is 1. The van der Waals surface area contributed by atoms with Gasteiger partial charge in [-0.15, -0.1) is 11.3 Å². The van der Waals surface area contributed by atoms with Gasteiger partial charge in [0.25, 0.3) is 0 Å². The SMILES string of the molecule is Cc1noc([C@H]2C[C@@H](O)CN2CCc2cccs2)n1. The fraction of sp³-hybridized carbons (Fsp3) is 0.538. The summed E-state index contributed by atoms with van der Waals surface area (Å²) >= 11 is 1.77. The van der Waals surface area contributed by atoms with Crippen LogP contribution < -0.4 is 0 Å². The fourth-order valence-electron chi connectivity index (χ4n) is 2.54. The fourth-order valence-corrected chi connectivity index (χ4v) is 3.24. The summed E-state index contributed by atoms with van der Waals surface area (Å²) in [6.07, 6.45) is 1.36. The largest absolute Gasteiger partial charge is 0.392 e. The number of likely N-dealkylation sites (tertiary alicyclic amines) is 1. The molecule has 0 saturated carbocycles. The number of aliphatic hydroxyl groups is 1. The molecule has 0 aliphatic carbocycles. The molecule has 0 spiro atoms. The quantitative estimate of drug-likeness (QED) is 0.924. The molecule has 0 amide bonds. The van der Waals surface area contributed by atoms with Crippen molar-refractivity contribution in [1.82, 2.24) is 15.0 Å². The lowest BCUT2D eigenvalue weighted by Gasteiger charge is -2.20. The maximum atomic E-state index is 9.87. The highest BCUT2D eigenvalue weighted by molar-refractivity contribution is 7.09. The molecule has 0 unspecified atom stereocenters. The maximum absolute atomic E-state index is 9.87. The Labute approximate surface area is 115 Å². The number of β-amino-alcohol motifs (C(OH)–C–C–N with tert-alkyl or cyclic N) is 1. The first-order chi connectivity index (χ1) is 9.22. The van der Waals surface area contributed by atoms with Crippen LogP contribution in [0.1, 0.15) is 29.1 Å². The molecule has 3 heterocycles. The lowest BCUT2D eigenvalue weighted by atomic mass is 10.2. The molecule has 102 valence electrons.